The maximum Gasteiger partial charge on any atom is 0.223 e. The molecule has 1 aromatic heterocycles. The molecule has 0 aliphatic rings. The summed E-state index contributed by atoms with van der Waals surface area (Å²) in [5.74, 6) is 0.283. The lowest BCUT2D eigenvalue weighted by Gasteiger charge is -2.14. The minimum Gasteiger partial charge on any atom is -0.356 e. The fraction of sp³-hybridized carbons (Fsp3) is 0.636. The highest BCUT2D eigenvalue weighted by molar-refractivity contribution is 14.1. The zero-order chi connectivity index (χ0) is 11.8. The maximum absolute atomic E-state index is 11.8. The summed E-state index contributed by atoms with van der Waals surface area (Å²) in [4.78, 5) is 15.7. The third-order valence-electron chi connectivity index (χ3n) is 2.40. The van der Waals surface area contributed by atoms with Crippen molar-refractivity contribution in [2.75, 3.05) is 11.0 Å². The second-order valence-corrected chi connectivity index (χ2v) is 4.61. The van der Waals surface area contributed by atoms with Crippen molar-refractivity contribution in [1.29, 1.82) is 0 Å². The molecule has 4 nitrogen and oxygen atoms in total. The van der Waals surface area contributed by atoms with Crippen LogP contribution in [0.25, 0.3) is 0 Å². The molecular formula is C11H18IN3O. The van der Waals surface area contributed by atoms with Crippen LogP contribution in [0, 0.1) is 5.92 Å². The Morgan fingerprint density at radius 3 is 3.00 bits per heavy atom. The van der Waals surface area contributed by atoms with Crippen molar-refractivity contribution >= 4 is 28.5 Å². The molecule has 0 aromatic carbocycles. The van der Waals surface area contributed by atoms with Gasteiger partial charge >= 0.3 is 0 Å². The minimum absolute atomic E-state index is 0.106. The molecule has 0 aliphatic heterocycles. The van der Waals surface area contributed by atoms with Gasteiger partial charge in [-0.1, -0.05) is 29.5 Å². The van der Waals surface area contributed by atoms with Crippen molar-refractivity contribution in [1.82, 2.24) is 14.9 Å². The average molecular weight is 335 g/mol. The third-order valence-corrected chi connectivity index (χ3v) is 3.46. The number of amides is 1. The van der Waals surface area contributed by atoms with Crippen LogP contribution in [0.4, 0.5) is 0 Å². The topological polar surface area (TPSA) is 46.9 Å². The summed E-state index contributed by atoms with van der Waals surface area (Å²) in [7, 11) is 0. The van der Waals surface area contributed by atoms with E-state index in [2.05, 4.69) is 39.8 Å². The van der Waals surface area contributed by atoms with Crippen LogP contribution in [0.15, 0.2) is 18.7 Å². The molecule has 1 rings (SSSR count). The maximum atomic E-state index is 11.8. The third kappa shape index (κ3) is 4.51. The van der Waals surface area contributed by atoms with E-state index in [-0.39, 0.29) is 11.8 Å². The molecule has 1 atom stereocenters. The Kier molecular flexibility index (Phi) is 6.44. The number of carbonyl (C=O) groups excluding carboxylic acids is 1. The van der Waals surface area contributed by atoms with Crippen molar-refractivity contribution < 1.29 is 4.79 Å². The second-order valence-electron chi connectivity index (χ2n) is 3.73. The number of hydrogen-bond acceptors (Lipinski definition) is 2. The average Bonchev–Trinajstić information content (AvgIpc) is 2.80. The van der Waals surface area contributed by atoms with E-state index >= 15 is 0 Å². The van der Waals surface area contributed by atoms with Gasteiger partial charge in [0.2, 0.25) is 5.91 Å². The number of alkyl halides is 1. The van der Waals surface area contributed by atoms with E-state index in [1.807, 2.05) is 10.8 Å². The molecule has 0 fully saturated rings. The molecule has 1 heterocycles. The number of aromatic nitrogens is 2. The largest absolute Gasteiger partial charge is 0.356 e. The van der Waals surface area contributed by atoms with Crippen LogP contribution in [0.2, 0.25) is 0 Å². The van der Waals surface area contributed by atoms with Gasteiger partial charge in [0.05, 0.1) is 6.33 Å². The zero-order valence-corrected chi connectivity index (χ0v) is 11.7. The summed E-state index contributed by atoms with van der Waals surface area (Å²) in [5.41, 5.74) is 0. The van der Waals surface area contributed by atoms with Crippen molar-refractivity contribution in [2.24, 2.45) is 5.92 Å². The highest BCUT2D eigenvalue weighted by Crippen LogP contribution is 2.09. The molecule has 5 heteroatoms. The molecule has 1 amide bonds. The van der Waals surface area contributed by atoms with E-state index in [0.29, 0.717) is 0 Å². The first-order chi connectivity index (χ1) is 7.77. The number of hydrogen-bond donors (Lipinski definition) is 1. The monoisotopic (exact) mass is 335 g/mol. The predicted molar refractivity (Wildman–Crippen MR) is 72.5 cm³/mol. The van der Waals surface area contributed by atoms with Crippen molar-refractivity contribution in [2.45, 2.75) is 26.3 Å². The number of aryl methyl sites for hydroxylation is 1. The summed E-state index contributed by atoms with van der Waals surface area (Å²) in [6.07, 6.45) is 7.33. The van der Waals surface area contributed by atoms with Gasteiger partial charge in [-0.3, -0.25) is 4.79 Å². The number of nitrogens with one attached hydrogen (secondary N) is 1. The lowest BCUT2D eigenvalue weighted by Crippen LogP contribution is -2.32. The van der Waals surface area contributed by atoms with Crippen LogP contribution in [0.5, 0.6) is 0 Å². The SMILES string of the molecule is CCCNC(=O)C(CI)CCn1ccnc1. The minimum atomic E-state index is 0.106. The standard InChI is InChI=1S/C11H18IN3O/c1-2-4-14-11(16)10(8-12)3-6-15-7-5-13-9-15/h5,7,9-10H,2-4,6,8H2,1H3,(H,14,16). The molecule has 0 radical (unpaired) electrons. The molecule has 1 aromatic rings. The second kappa shape index (κ2) is 7.65. The number of imidazole rings is 1. The van der Waals surface area contributed by atoms with Gasteiger partial charge in [-0.25, -0.2) is 4.98 Å². The van der Waals surface area contributed by atoms with E-state index in [0.717, 1.165) is 30.4 Å². The molecule has 0 saturated carbocycles. The molecule has 0 aliphatic carbocycles. The Balaban J connectivity index is 2.33. The van der Waals surface area contributed by atoms with Gasteiger partial charge in [0.1, 0.15) is 0 Å². The van der Waals surface area contributed by atoms with Crippen LogP contribution >= 0.6 is 22.6 Å². The van der Waals surface area contributed by atoms with Crippen molar-refractivity contribution in [3.05, 3.63) is 18.7 Å². The molecular weight excluding hydrogens is 317 g/mol. The Labute approximate surface area is 110 Å². The Bertz CT molecular complexity index is 300. The summed E-state index contributed by atoms with van der Waals surface area (Å²) < 4.78 is 2.87. The van der Waals surface area contributed by atoms with Crippen LogP contribution in [0.3, 0.4) is 0 Å². The number of carbonyl (C=O) groups is 1. The van der Waals surface area contributed by atoms with Gasteiger partial charge in [-0.2, -0.15) is 0 Å². The molecule has 1 N–H and O–H groups in total. The van der Waals surface area contributed by atoms with Gasteiger partial charge in [-0.05, 0) is 12.8 Å². The molecule has 0 saturated heterocycles. The normalized spacial score (nSPS) is 12.4. The number of halogens is 1. The number of rotatable bonds is 7. The van der Waals surface area contributed by atoms with Crippen LogP contribution in [0.1, 0.15) is 19.8 Å². The summed E-state index contributed by atoms with van der Waals surface area (Å²) >= 11 is 2.27. The van der Waals surface area contributed by atoms with E-state index in [4.69, 9.17) is 0 Å². The lowest BCUT2D eigenvalue weighted by atomic mass is 10.1. The van der Waals surface area contributed by atoms with Gasteiger partial charge in [-0.15, -0.1) is 0 Å². The van der Waals surface area contributed by atoms with E-state index in [9.17, 15) is 4.79 Å². The van der Waals surface area contributed by atoms with E-state index < -0.39 is 0 Å². The van der Waals surface area contributed by atoms with Crippen LogP contribution in [-0.4, -0.2) is 26.4 Å². The molecule has 0 bridgehead atoms. The van der Waals surface area contributed by atoms with Crippen molar-refractivity contribution in [3.8, 4) is 0 Å². The Morgan fingerprint density at radius 2 is 2.44 bits per heavy atom. The smallest absolute Gasteiger partial charge is 0.223 e. The van der Waals surface area contributed by atoms with Crippen LogP contribution < -0.4 is 5.32 Å². The Morgan fingerprint density at radius 1 is 1.62 bits per heavy atom. The molecule has 16 heavy (non-hydrogen) atoms. The highest BCUT2D eigenvalue weighted by Gasteiger charge is 2.15. The fourth-order valence-electron chi connectivity index (χ4n) is 1.39. The van der Waals surface area contributed by atoms with E-state index in [1.165, 1.54) is 0 Å². The summed E-state index contributed by atoms with van der Waals surface area (Å²) in [5, 5.41) is 2.94. The van der Waals surface area contributed by atoms with E-state index in [1.54, 1.807) is 12.5 Å². The number of nitrogens with zero attached hydrogens (tertiary/aromatic N) is 2. The molecule has 90 valence electrons. The fourth-order valence-corrected chi connectivity index (χ4v) is 2.24. The van der Waals surface area contributed by atoms with Gasteiger partial charge < -0.3 is 9.88 Å². The van der Waals surface area contributed by atoms with Crippen molar-refractivity contribution in [3.63, 3.8) is 0 Å². The first-order valence-electron chi connectivity index (χ1n) is 5.57. The Hall–Kier alpha value is -0.590. The van der Waals surface area contributed by atoms with Gasteiger partial charge in [0, 0.05) is 35.8 Å². The predicted octanol–water partition coefficient (Wildman–Crippen LogP) is 1.85. The van der Waals surface area contributed by atoms with Gasteiger partial charge in [0.15, 0.2) is 0 Å². The summed E-state index contributed by atoms with van der Waals surface area (Å²) in [6, 6.07) is 0. The highest BCUT2D eigenvalue weighted by atomic mass is 127. The van der Waals surface area contributed by atoms with Crippen LogP contribution in [-0.2, 0) is 11.3 Å². The quantitative estimate of drug-likeness (QED) is 0.611. The lowest BCUT2D eigenvalue weighted by molar-refractivity contribution is -0.124. The molecule has 0 spiro atoms. The zero-order valence-electron chi connectivity index (χ0n) is 9.53. The molecule has 1 unspecified atom stereocenters. The van der Waals surface area contributed by atoms with Gasteiger partial charge in [0.25, 0.3) is 0 Å². The summed E-state index contributed by atoms with van der Waals surface area (Å²) in [6.45, 7) is 3.69. The first-order valence-corrected chi connectivity index (χ1v) is 7.10. The first kappa shape index (κ1) is 13.5.